The molecule has 2 aliphatic rings. The van der Waals surface area contributed by atoms with Gasteiger partial charge < -0.3 is 4.90 Å². The van der Waals surface area contributed by atoms with Gasteiger partial charge in [0.15, 0.2) is 0 Å². The van der Waals surface area contributed by atoms with Gasteiger partial charge in [0.1, 0.15) is 0 Å². The third-order valence-electron chi connectivity index (χ3n) is 11.7. The van der Waals surface area contributed by atoms with Crippen LogP contribution in [-0.4, -0.2) is 0 Å². The van der Waals surface area contributed by atoms with Gasteiger partial charge in [-0.05, 0) is 116 Å². The normalized spacial score (nSPS) is 14.8. The van der Waals surface area contributed by atoms with Crippen LogP contribution in [0, 0.1) is 0 Å². The largest absolute Gasteiger partial charge is 0.310 e. The van der Waals surface area contributed by atoms with Crippen LogP contribution in [0.15, 0.2) is 170 Å². The molecule has 1 nitrogen and oxygen atoms in total. The summed E-state index contributed by atoms with van der Waals surface area (Å²) in [4.78, 5) is 2.45. The van der Waals surface area contributed by atoms with Crippen LogP contribution in [0.3, 0.4) is 0 Å². The summed E-state index contributed by atoms with van der Waals surface area (Å²) in [5.74, 6) is 0.679. The number of nitrogens with zero attached hydrogens (tertiary/aromatic N) is 1. The highest BCUT2D eigenvalue weighted by molar-refractivity contribution is 5.94. The summed E-state index contributed by atoms with van der Waals surface area (Å²) in [6.45, 7) is 4.77. The maximum Gasteiger partial charge on any atom is 0.0465 e. The van der Waals surface area contributed by atoms with Crippen molar-refractivity contribution in [3.05, 3.63) is 187 Å². The first-order chi connectivity index (χ1) is 25.6. The molecule has 0 saturated heterocycles. The van der Waals surface area contributed by atoms with Crippen LogP contribution in [0.4, 0.5) is 17.1 Å². The molecular formula is C51H45N. The van der Waals surface area contributed by atoms with Crippen LogP contribution < -0.4 is 4.90 Å². The highest BCUT2D eigenvalue weighted by atomic mass is 15.1. The Balaban J connectivity index is 1.15. The lowest BCUT2D eigenvalue weighted by molar-refractivity contribution is 0.443. The predicted octanol–water partition coefficient (Wildman–Crippen LogP) is 14.5. The zero-order valence-electron chi connectivity index (χ0n) is 30.2. The molecule has 2 aliphatic carbocycles. The molecule has 0 unspecified atom stereocenters. The van der Waals surface area contributed by atoms with Crippen molar-refractivity contribution in [2.24, 2.45) is 0 Å². The number of rotatable bonds is 7. The van der Waals surface area contributed by atoms with E-state index in [1.807, 2.05) is 0 Å². The van der Waals surface area contributed by atoms with E-state index in [-0.39, 0.29) is 5.41 Å². The van der Waals surface area contributed by atoms with Crippen molar-refractivity contribution in [3.8, 4) is 44.5 Å². The maximum atomic E-state index is 2.46. The minimum Gasteiger partial charge on any atom is -0.310 e. The molecule has 1 fully saturated rings. The average molecular weight is 672 g/mol. The summed E-state index contributed by atoms with van der Waals surface area (Å²) in [5.41, 5.74) is 17.9. The summed E-state index contributed by atoms with van der Waals surface area (Å²) in [6.07, 6.45) is 6.68. The van der Waals surface area contributed by atoms with Gasteiger partial charge in [-0.3, -0.25) is 0 Å². The molecule has 0 heterocycles. The van der Waals surface area contributed by atoms with Gasteiger partial charge in [-0.15, -0.1) is 0 Å². The lowest BCUT2D eigenvalue weighted by atomic mass is 9.81. The Hall–Kier alpha value is -5.66. The quantitative estimate of drug-likeness (QED) is 0.163. The Labute approximate surface area is 309 Å². The molecule has 0 N–H and O–H groups in total. The van der Waals surface area contributed by atoms with E-state index in [1.54, 1.807) is 0 Å². The molecule has 0 bridgehead atoms. The molecule has 0 radical (unpaired) electrons. The number of anilines is 3. The van der Waals surface area contributed by atoms with E-state index in [0.29, 0.717) is 5.92 Å². The molecule has 1 heteroatoms. The van der Waals surface area contributed by atoms with Crippen molar-refractivity contribution in [2.75, 3.05) is 4.90 Å². The third kappa shape index (κ3) is 5.75. The second kappa shape index (κ2) is 13.5. The van der Waals surface area contributed by atoms with E-state index >= 15 is 0 Å². The fraction of sp³-hybridized carbons (Fsp3) is 0.176. The minimum atomic E-state index is -0.132. The summed E-state index contributed by atoms with van der Waals surface area (Å²) in [6, 6.07) is 63.0. The Kier molecular flexibility index (Phi) is 8.36. The van der Waals surface area contributed by atoms with Crippen molar-refractivity contribution in [1.29, 1.82) is 0 Å². The summed E-state index contributed by atoms with van der Waals surface area (Å²) < 4.78 is 0. The molecule has 9 rings (SSSR count). The second-order valence-electron chi connectivity index (χ2n) is 15.2. The molecule has 52 heavy (non-hydrogen) atoms. The van der Waals surface area contributed by atoms with Gasteiger partial charge in [0.05, 0.1) is 0 Å². The van der Waals surface area contributed by atoms with Crippen molar-refractivity contribution in [3.63, 3.8) is 0 Å². The van der Waals surface area contributed by atoms with Gasteiger partial charge in [-0.1, -0.05) is 167 Å². The van der Waals surface area contributed by atoms with Crippen LogP contribution in [0.5, 0.6) is 0 Å². The molecule has 0 atom stereocenters. The molecule has 254 valence electrons. The van der Waals surface area contributed by atoms with Gasteiger partial charge in [-0.2, -0.15) is 0 Å². The van der Waals surface area contributed by atoms with Crippen molar-refractivity contribution >= 4 is 17.1 Å². The standard InChI is InChI=1S/C51H45N/c1-51(2)48-24-14-23-46(39-19-10-5-11-20-39)50(48)47-34-33-43(35-49(47)51)52(41-29-25-37(26-30-41)36-15-6-3-7-16-36)42-31-27-40(28-32-42)45-22-13-12-21-44(45)38-17-8-4-9-18-38/h4-5,8-14,17-36H,3,6-7,15-16H2,1-2H3. The lowest BCUT2D eigenvalue weighted by Crippen LogP contribution is -2.16. The van der Waals surface area contributed by atoms with Gasteiger partial charge in [-0.25, -0.2) is 0 Å². The van der Waals surface area contributed by atoms with Crippen molar-refractivity contribution in [1.82, 2.24) is 0 Å². The van der Waals surface area contributed by atoms with E-state index < -0.39 is 0 Å². The van der Waals surface area contributed by atoms with Crippen LogP contribution in [0.1, 0.15) is 68.6 Å². The summed E-state index contributed by atoms with van der Waals surface area (Å²) >= 11 is 0. The summed E-state index contributed by atoms with van der Waals surface area (Å²) in [7, 11) is 0. The highest BCUT2D eigenvalue weighted by Gasteiger charge is 2.37. The van der Waals surface area contributed by atoms with Gasteiger partial charge >= 0.3 is 0 Å². The van der Waals surface area contributed by atoms with E-state index in [4.69, 9.17) is 0 Å². The minimum absolute atomic E-state index is 0.132. The first-order valence-corrected chi connectivity index (χ1v) is 19.0. The molecular weight excluding hydrogens is 627 g/mol. The van der Waals surface area contributed by atoms with E-state index in [0.717, 1.165) is 5.69 Å². The molecule has 7 aromatic carbocycles. The highest BCUT2D eigenvalue weighted by Crippen LogP contribution is 2.53. The first kappa shape index (κ1) is 32.3. The Morgan fingerprint density at radius 3 is 1.58 bits per heavy atom. The van der Waals surface area contributed by atoms with Crippen LogP contribution >= 0.6 is 0 Å². The van der Waals surface area contributed by atoms with E-state index in [1.165, 1.54) is 105 Å². The Morgan fingerprint density at radius 2 is 0.942 bits per heavy atom. The molecule has 0 amide bonds. The third-order valence-corrected chi connectivity index (χ3v) is 11.7. The van der Waals surface area contributed by atoms with Gasteiger partial charge in [0.2, 0.25) is 0 Å². The van der Waals surface area contributed by atoms with E-state index in [2.05, 4.69) is 189 Å². The Morgan fingerprint density at radius 1 is 0.423 bits per heavy atom. The van der Waals surface area contributed by atoms with Crippen LogP contribution in [-0.2, 0) is 5.41 Å². The van der Waals surface area contributed by atoms with Gasteiger partial charge in [0, 0.05) is 22.5 Å². The fourth-order valence-electron chi connectivity index (χ4n) is 8.95. The topological polar surface area (TPSA) is 3.24 Å². The number of hydrogen-bond acceptors (Lipinski definition) is 1. The van der Waals surface area contributed by atoms with Crippen LogP contribution in [0.2, 0.25) is 0 Å². The number of hydrogen-bond donors (Lipinski definition) is 0. The molecule has 0 aromatic heterocycles. The van der Waals surface area contributed by atoms with E-state index in [9.17, 15) is 0 Å². The predicted molar refractivity (Wildman–Crippen MR) is 221 cm³/mol. The average Bonchev–Trinajstić information content (AvgIpc) is 3.45. The molecule has 0 aliphatic heterocycles. The molecule has 1 saturated carbocycles. The smallest absolute Gasteiger partial charge is 0.0465 e. The van der Waals surface area contributed by atoms with Gasteiger partial charge in [0.25, 0.3) is 0 Å². The number of fused-ring (bicyclic) bond motifs is 3. The zero-order valence-corrected chi connectivity index (χ0v) is 30.2. The Bertz CT molecular complexity index is 2330. The monoisotopic (exact) mass is 671 g/mol. The van der Waals surface area contributed by atoms with Crippen molar-refractivity contribution in [2.45, 2.75) is 57.3 Å². The summed E-state index contributed by atoms with van der Waals surface area (Å²) in [5, 5.41) is 0. The molecule has 0 spiro atoms. The number of benzene rings is 7. The molecule has 7 aromatic rings. The van der Waals surface area contributed by atoms with Crippen LogP contribution in [0.25, 0.3) is 44.5 Å². The lowest BCUT2D eigenvalue weighted by Gasteiger charge is -2.29. The first-order valence-electron chi connectivity index (χ1n) is 19.0. The zero-order chi connectivity index (χ0) is 35.1. The SMILES string of the molecule is CC1(C)c2cc(N(c3ccc(-c4ccccc4-c4ccccc4)cc3)c3ccc(C4CCCCC4)cc3)ccc2-c2c(-c3ccccc3)cccc21. The van der Waals surface area contributed by atoms with Crippen molar-refractivity contribution < 1.29 is 0 Å². The second-order valence-corrected chi connectivity index (χ2v) is 15.2. The fourth-order valence-corrected chi connectivity index (χ4v) is 8.95. The maximum absolute atomic E-state index is 2.46.